The Balaban J connectivity index is 1.93. The third kappa shape index (κ3) is 3.71. The lowest BCUT2D eigenvalue weighted by Gasteiger charge is -2.09. The summed E-state index contributed by atoms with van der Waals surface area (Å²) in [6.45, 7) is -0.282. The molecule has 0 radical (unpaired) electrons. The first-order chi connectivity index (χ1) is 9.08. The zero-order valence-electron chi connectivity index (χ0n) is 10.3. The molecule has 19 heavy (non-hydrogen) atoms. The molecule has 102 valence electrons. The summed E-state index contributed by atoms with van der Waals surface area (Å²) in [6, 6.07) is 4.64. The van der Waals surface area contributed by atoms with Gasteiger partial charge in [0.25, 0.3) is 0 Å². The van der Waals surface area contributed by atoms with E-state index in [1.165, 1.54) is 6.07 Å². The first-order valence-corrected chi connectivity index (χ1v) is 6.98. The molecule has 0 N–H and O–H groups in total. The lowest BCUT2D eigenvalue weighted by molar-refractivity contribution is -0.147. The highest BCUT2D eigenvalue weighted by Crippen LogP contribution is 2.26. The molecule has 0 heterocycles. The van der Waals surface area contributed by atoms with E-state index in [2.05, 4.69) is 0 Å². The van der Waals surface area contributed by atoms with Crippen LogP contribution in [0.3, 0.4) is 0 Å². The Bertz CT molecular complexity index is 493. The maximum atomic E-state index is 11.9. The number of ketones is 1. The Morgan fingerprint density at radius 1 is 1.21 bits per heavy atom. The molecular weight excluding hydrogens is 287 g/mol. The SMILES string of the molecule is O=C(COC(=O)C1CCCC1)c1cc(Cl)ccc1Cl. The number of esters is 1. The van der Waals surface area contributed by atoms with Crippen LogP contribution in [-0.2, 0) is 9.53 Å². The summed E-state index contributed by atoms with van der Waals surface area (Å²) in [5.74, 6) is -0.675. The first-order valence-electron chi connectivity index (χ1n) is 6.23. The molecular formula is C14H14Cl2O3. The summed E-state index contributed by atoms with van der Waals surface area (Å²) in [7, 11) is 0. The van der Waals surface area contributed by atoms with Crippen LogP contribution in [0.4, 0.5) is 0 Å². The minimum atomic E-state index is -0.334. The predicted molar refractivity (Wildman–Crippen MR) is 73.7 cm³/mol. The molecule has 3 nitrogen and oxygen atoms in total. The minimum Gasteiger partial charge on any atom is -0.457 e. The van der Waals surface area contributed by atoms with Crippen LogP contribution in [0.15, 0.2) is 18.2 Å². The molecule has 1 aliphatic rings. The molecule has 0 saturated heterocycles. The van der Waals surface area contributed by atoms with Gasteiger partial charge in [-0.25, -0.2) is 0 Å². The summed E-state index contributed by atoms with van der Waals surface area (Å²) in [4.78, 5) is 23.6. The number of hydrogen-bond donors (Lipinski definition) is 0. The van der Waals surface area contributed by atoms with E-state index in [0.29, 0.717) is 10.0 Å². The Morgan fingerprint density at radius 2 is 1.89 bits per heavy atom. The van der Waals surface area contributed by atoms with Crippen molar-refractivity contribution >= 4 is 35.0 Å². The molecule has 0 bridgehead atoms. The van der Waals surface area contributed by atoms with E-state index < -0.39 is 0 Å². The maximum Gasteiger partial charge on any atom is 0.309 e. The molecule has 0 aliphatic heterocycles. The second-order valence-electron chi connectivity index (χ2n) is 4.64. The fourth-order valence-electron chi connectivity index (χ4n) is 2.20. The normalized spacial score (nSPS) is 15.5. The zero-order chi connectivity index (χ0) is 13.8. The monoisotopic (exact) mass is 300 g/mol. The maximum absolute atomic E-state index is 11.9. The number of hydrogen-bond acceptors (Lipinski definition) is 3. The molecule has 0 atom stereocenters. The van der Waals surface area contributed by atoms with Crippen molar-refractivity contribution < 1.29 is 14.3 Å². The molecule has 1 fully saturated rings. The van der Waals surface area contributed by atoms with Crippen LogP contribution in [-0.4, -0.2) is 18.4 Å². The van der Waals surface area contributed by atoms with Gasteiger partial charge in [0.15, 0.2) is 6.61 Å². The van der Waals surface area contributed by atoms with Crippen LogP contribution in [0, 0.1) is 5.92 Å². The van der Waals surface area contributed by atoms with Gasteiger partial charge in [-0.05, 0) is 31.0 Å². The van der Waals surface area contributed by atoms with Crippen molar-refractivity contribution in [3.05, 3.63) is 33.8 Å². The van der Waals surface area contributed by atoms with E-state index in [1.54, 1.807) is 12.1 Å². The second kappa shape index (κ2) is 6.40. The van der Waals surface area contributed by atoms with E-state index in [-0.39, 0.29) is 29.8 Å². The van der Waals surface area contributed by atoms with Gasteiger partial charge in [0.2, 0.25) is 5.78 Å². The van der Waals surface area contributed by atoms with E-state index in [0.717, 1.165) is 25.7 Å². The van der Waals surface area contributed by atoms with Crippen molar-refractivity contribution in [3.63, 3.8) is 0 Å². The van der Waals surface area contributed by atoms with E-state index >= 15 is 0 Å². The van der Waals surface area contributed by atoms with Crippen molar-refractivity contribution in [1.29, 1.82) is 0 Å². The lowest BCUT2D eigenvalue weighted by atomic mass is 10.1. The van der Waals surface area contributed by atoms with Gasteiger partial charge in [-0.2, -0.15) is 0 Å². The minimum absolute atomic E-state index is 0.0531. The Kier molecular flexibility index (Phi) is 4.83. The van der Waals surface area contributed by atoms with Gasteiger partial charge in [-0.1, -0.05) is 36.0 Å². The Labute approximate surface area is 121 Å². The first kappa shape index (κ1) is 14.4. The summed E-state index contributed by atoms with van der Waals surface area (Å²) in [5, 5.41) is 0.737. The van der Waals surface area contributed by atoms with Crippen molar-refractivity contribution in [2.75, 3.05) is 6.61 Å². The van der Waals surface area contributed by atoms with Gasteiger partial charge in [0.1, 0.15) is 0 Å². The van der Waals surface area contributed by atoms with Crippen LogP contribution >= 0.6 is 23.2 Å². The number of rotatable bonds is 4. The quantitative estimate of drug-likeness (QED) is 0.625. The second-order valence-corrected chi connectivity index (χ2v) is 5.48. The number of halogens is 2. The van der Waals surface area contributed by atoms with Crippen LogP contribution in [0.25, 0.3) is 0 Å². The number of carbonyl (C=O) groups excluding carboxylic acids is 2. The highest BCUT2D eigenvalue weighted by atomic mass is 35.5. The van der Waals surface area contributed by atoms with Crippen LogP contribution in [0.1, 0.15) is 36.0 Å². The molecule has 0 amide bonds. The molecule has 0 spiro atoms. The molecule has 0 unspecified atom stereocenters. The average Bonchev–Trinajstić information content (AvgIpc) is 2.92. The summed E-state index contributed by atoms with van der Waals surface area (Å²) >= 11 is 11.7. The molecule has 1 aromatic carbocycles. The molecule has 1 saturated carbocycles. The predicted octanol–water partition coefficient (Wildman–Crippen LogP) is 3.91. The van der Waals surface area contributed by atoms with E-state index in [9.17, 15) is 9.59 Å². The van der Waals surface area contributed by atoms with Gasteiger partial charge in [-0.3, -0.25) is 9.59 Å². The van der Waals surface area contributed by atoms with Crippen molar-refractivity contribution in [3.8, 4) is 0 Å². The summed E-state index contributed by atoms with van der Waals surface area (Å²) in [6.07, 6.45) is 3.80. The third-order valence-corrected chi connectivity index (χ3v) is 3.83. The largest absolute Gasteiger partial charge is 0.457 e. The van der Waals surface area contributed by atoms with Gasteiger partial charge < -0.3 is 4.74 Å². The van der Waals surface area contributed by atoms with Gasteiger partial charge in [0, 0.05) is 10.6 Å². The summed E-state index contributed by atoms with van der Waals surface area (Å²) in [5.41, 5.74) is 0.286. The molecule has 2 rings (SSSR count). The topological polar surface area (TPSA) is 43.4 Å². The number of Topliss-reactive ketones (excluding diaryl/α,β-unsaturated/α-hetero) is 1. The standard InChI is InChI=1S/C14H14Cl2O3/c15-10-5-6-12(16)11(7-10)13(17)8-19-14(18)9-3-1-2-4-9/h5-7,9H,1-4,8H2. The van der Waals surface area contributed by atoms with Gasteiger partial charge in [0.05, 0.1) is 10.9 Å². The van der Waals surface area contributed by atoms with Crippen molar-refractivity contribution in [2.45, 2.75) is 25.7 Å². The third-order valence-electron chi connectivity index (χ3n) is 3.26. The smallest absolute Gasteiger partial charge is 0.309 e. The highest BCUT2D eigenvalue weighted by Gasteiger charge is 2.25. The number of benzene rings is 1. The summed E-state index contributed by atoms with van der Waals surface area (Å²) < 4.78 is 5.05. The van der Waals surface area contributed by atoms with Crippen LogP contribution in [0.5, 0.6) is 0 Å². The lowest BCUT2D eigenvalue weighted by Crippen LogP contribution is -2.19. The zero-order valence-corrected chi connectivity index (χ0v) is 11.8. The van der Waals surface area contributed by atoms with Crippen LogP contribution in [0.2, 0.25) is 10.0 Å². The average molecular weight is 301 g/mol. The van der Waals surface area contributed by atoms with E-state index in [1.807, 2.05) is 0 Å². The fraction of sp³-hybridized carbons (Fsp3) is 0.429. The number of ether oxygens (including phenoxy) is 1. The highest BCUT2D eigenvalue weighted by molar-refractivity contribution is 6.36. The Hall–Kier alpha value is -1.06. The van der Waals surface area contributed by atoms with Crippen molar-refractivity contribution in [2.24, 2.45) is 5.92 Å². The van der Waals surface area contributed by atoms with E-state index in [4.69, 9.17) is 27.9 Å². The Morgan fingerprint density at radius 3 is 2.58 bits per heavy atom. The van der Waals surface area contributed by atoms with Crippen molar-refractivity contribution in [1.82, 2.24) is 0 Å². The van der Waals surface area contributed by atoms with Gasteiger partial charge >= 0.3 is 5.97 Å². The fourth-order valence-corrected chi connectivity index (χ4v) is 2.60. The molecule has 5 heteroatoms. The molecule has 1 aliphatic carbocycles. The molecule has 0 aromatic heterocycles. The van der Waals surface area contributed by atoms with Gasteiger partial charge in [-0.15, -0.1) is 0 Å². The molecule has 1 aromatic rings. The number of carbonyl (C=O) groups is 2. The van der Waals surface area contributed by atoms with Crippen LogP contribution < -0.4 is 0 Å².